The number of rotatable bonds is 6. The van der Waals surface area contributed by atoms with Crippen molar-refractivity contribution in [1.82, 2.24) is 20.4 Å². The Morgan fingerprint density at radius 3 is 2.77 bits per heavy atom. The van der Waals surface area contributed by atoms with Gasteiger partial charge in [0, 0.05) is 37.1 Å². The van der Waals surface area contributed by atoms with Crippen LogP contribution in [0, 0.1) is 0 Å². The van der Waals surface area contributed by atoms with Gasteiger partial charge < -0.3 is 14.7 Å². The lowest BCUT2D eigenvalue weighted by Crippen LogP contribution is -2.38. The van der Waals surface area contributed by atoms with Gasteiger partial charge in [-0.15, -0.1) is 0 Å². The average molecular weight is 323 g/mol. The molecule has 0 unspecified atom stereocenters. The van der Waals surface area contributed by atoms with Crippen molar-refractivity contribution in [3.63, 3.8) is 0 Å². The van der Waals surface area contributed by atoms with Gasteiger partial charge >= 0.3 is 6.03 Å². The van der Waals surface area contributed by atoms with Crippen LogP contribution in [-0.2, 0) is 6.42 Å². The lowest BCUT2D eigenvalue weighted by Gasteiger charge is -2.16. The van der Waals surface area contributed by atoms with Crippen LogP contribution in [0.25, 0.3) is 11.5 Å². The van der Waals surface area contributed by atoms with Crippen LogP contribution in [-0.4, -0.2) is 41.2 Å². The minimum Gasteiger partial charge on any atom is -0.338 e. The van der Waals surface area contributed by atoms with Crippen molar-refractivity contribution in [2.75, 3.05) is 20.1 Å². The lowest BCUT2D eigenvalue weighted by molar-refractivity contribution is 0.209. The third-order valence-corrected chi connectivity index (χ3v) is 3.35. The first-order chi connectivity index (χ1) is 10.6. The fourth-order valence-electron chi connectivity index (χ4n) is 1.80. The molecule has 0 saturated heterocycles. The van der Waals surface area contributed by atoms with E-state index in [0.29, 0.717) is 36.2 Å². The van der Waals surface area contributed by atoms with Crippen molar-refractivity contribution >= 4 is 17.6 Å². The molecule has 0 spiro atoms. The van der Waals surface area contributed by atoms with Gasteiger partial charge in [0.1, 0.15) is 0 Å². The number of carbonyl (C=O) groups excluding carboxylic acids is 1. The minimum absolute atomic E-state index is 0.0942. The van der Waals surface area contributed by atoms with Crippen molar-refractivity contribution in [2.24, 2.45) is 0 Å². The molecule has 6 nitrogen and oxygen atoms in total. The molecule has 2 aromatic rings. The van der Waals surface area contributed by atoms with Gasteiger partial charge in [0.15, 0.2) is 5.82 Å². The number of hydrogen-bond donors (Lipinski definition) is 1. The Bertz CT molecular complexity index is 612. The highest BCUT2D eigenvalue weighted by Gasteiger charge is 2.12. The maximum atomic E-state index is 11.7. The summed E-state index contributed by atoms with van der Waals surface area (Å²) in [5.74, 6) is 1.02. The highest BCUT2D eigenvalue weighted by Crippen LogP contribution is 2.19. The molecule has 7 heteroatoms. The minimum atomic E-state index is -0.0942. The highest BCUT2D eigenvalue weighted by atomic mass is 35.5. The van der Waals surface area contributed by atoms with Crippen LogP contribution in [0.4, 0.5) is 4.79 Å². The summed E-state index contributed by atoms with van der Waals surface area (Å²) in [5, 5.41) is 7.40. The summed E-state index contributed by atoms with van der Waals surface area (Å²) >= 11 is 5.84. The van der Waals surface area contributed by atoms with Crippen molar-refractivity contribution in [3.8, 4) is 11.5 Å². The molecule has 0 aliphatic rings. The quantitative estimate of drug-likeness (QED) is 0.887. The molecule has 2 rings (SSSR count). The zero-order chi connectivity index (χ0) is 15.9. The lowest BCUT2D eigenvalue weighted by atomic mass is 10.2. The van der Waals surface area contributed by atoms with Gasteiger partial charge in [0.2, 0.25) is 0 Å². The molecule has 0 saturated carbocycles. The number of carbonyl (C=O) groups is 1. The van der Waals surface area contributed by atoms with E-state index in [9.17, 15) is 4.79 Å². The summed E-state index contributed by atoms with van der Waals surface area (Å²) in [4.78, 5) is 17.6. The Morgan fingerprint density at radius 1 is 1.36 bits per heavy atom. The van der Waals surface area contributed by atoms with Crippen LogP contribution in [0.5, 0.6) is 0 Å². The molecule has 22 heavy (non-hydrogen) atoms. The number of amides is 2. The molecule has 1 heterocycles. The second kappa shape index (κ2) is 7.79. The Morgan fingerprint density at radius 2 is 2.09 bits per heavy atom. The van der Waals surface area contributed by atoms with Crippen molar-refractivity contribution < 1.29 is 9.32 Å². The summed E-state index contributed by atoms with van der Waals surface area (Å²) in [6, 6.07) is 7.09. The predicted molar refractivity (Wildman–Crippen MR) is 84.8 cm³/mol. The molecule has 1 N–H and O–H groups in total. The first-order valence-electron chi connectivity index (χ1n) is 7.17. The SMILES string of the molecule is CCCNC(=O)N(C)CCc1noc(-c2ccc(Cl)cc2)n1. The molecule has 118 valence electrons. The summed E-state index contributed by atoms with van der Waals surface area (Å²) in [7, 11) is 1.74. The monoisotopic (exact) mass is 322 g/mol. The third kappa shape index (κ3) is 4.46. The topological polar surface area (TPSA) is 71.3 Å². The van der Waals surface area contributed by atoms with E-state index >= 15 is 0 Å². The smallest absolute Gasteiger partial charge is 0.317 e. The van der Waals surface area contributed by atoms with Gasteiger partial charge in [-0.2, -0.15) is 4.98 Å². The van der Waals surface area contributed by atoms with E-state index < -0.39 is 0 Å². The van der Waals surface area contributed by atoms with Crippen LogP contribution in [0.15, 0.2) is 28.8 Å². The maximum absolute atomic E-state index is 11.7. The number of halogens is 1. The van der Waals surface area contributed by atoms with E-state index in [1.165, 1.54) is 0 Å². The normalized spacial score (nSPS) is 10.5. The van der Waals surface area contributed by atoms with Crippen molar-refractivity contribution in [2.45, 2.75) is 19.8 Å². The fraction of sp³-hybridized carbons (Fsp3) is 0.400. The summed E-state index contributed by atoms with van der Waals surface area (Å²) in [5.41, 5.74) is 0.817. The van der Waals surface area contributed by atoms with Gasteiger partial charge in [-0.3, -0.25) is 0 Å². The Hall–Kier alpha value is -2.08. The zero-order valence-corrected chi connectivity index (χ0v) is 13.4. The van der Waals surface area contributed by atoms with Crippen LogP contribution in [0.1, 0.15) is 19.2 Å². The van der Waals surface area contributed by atoms with Gasteiger partial charge in [0.25, 0.3) is 5.89 Å². The molecule has 0 aliphatic heterocycles. The first kappa shape index (κ1) is 16.3. The standard InChI is InChI=1S/C15H19ClN4O2/c1-3-9-17-15(21)20(2)10-8-13-18-14(22-19-13)11-4-6-12(16)7-5-11/h4-7H,3,8-10H2,1-2H3,(H,17,21). The fourth-order valence-corrected chi connectivity index (χ4v) is 1.93. The van der Waals surface area contributed by atoms with Gasteiger partial charge in [0.05, 0.1) is 0 Å². The number of benzene rings is 1. The van der Waals surface area contributed by atoms with E-state index in [-0.39, 0.29) is 6.03 Å². The highest BCUT2D eigenvalue weighted by molar-refractivity contribution is 6.30. The van der Waals surface area contributed by atoms with Gasteiger partial charge in [-0.05, 0) is 30.7 Å². The summed E-state index contributed by atoms with van der Waals surface area (Å²) in [6.07, 6.45) is 1.45. The van der Waals surface area contributed by atoms with Crippen LogP contribution >= 0.6 is 11.6 Å². The maximum Gasteiger partial charge on any atom is 0.317 e. The molecule has 0 fully saturated rings. The molecular weight excluding hydrogens is 304 g/mol. The molecule has 1 aromatic carbocycles. The molecule has 0 aliphatic carbocycles. The number of nitrogens with zero attached hydrogens (tertiary/aromatic N) is 3. The number of aromatic nitrogens is 2. The average Bonchev–Trinajstić information content (AvgIpc) is 2.99. The zero-order valence-electron chi connectivity index (χ0n) is 12.7. The summed E-state index contributed by atoms with van der Waals surface area (Å²) in [6.45, 7) is 3.21. The van der Waals surface area contributed by atoms with Crippen LogP contribution in [0.2, 0.25) is 5.02 Å². The number of likely N-dealkylation sites (N-methyl/N-ethyl adjacent to an activating group) is 1. The van der Waals surface area contributed by atoms with E-state index in [4.69, 9.17) is 16.1 Å². The van der Waals surface area contributed by atoms with Crippen molar-refractivity contribution in [3.05, 3.63) is 35.1 Å². The third-order valence-electron chi connectivity index (χ3n) is 3.10. The first-order valence-corrected chi connectivity index (χ1v) is 7.55. The predicted octanol–water partition coefficient (Wildman–Crippen LogP) is 2.98. The number of nitrogens with one attached hydrogen (secondary N) is 1. The largest absolute Gasteiger partial charge is 0.338 e. The Kier molecular flexibility index (Phi) is 5.77. The molecular formula is C15H19ClN4O2. The molecule has 2 amide bonds. The van der Waals surface area contributed by atoms with Crippen LogP contribution in [0.3, 0.4) is 0 Å². The second-order valence-corrected chi connectivity index (χ2v) is 5.36. The molecule has 0 bridgehead atoms. The summed E-state index contributed by atoms with van der Waals surface area (Å²) < 4.78 is 5.22. The van der Waals surface area contributed by atoms with E-state index in [2.05, 4.69) is 15.5 Å². The Balaban J connectivity index is 1.89. The second-order valence-electron chi connectivity index (χ2n) is 4.93. The van der Waals surface area contributed by atoms with E-state index in [0.717, 1.165) is 12.0 Å². The van der Waals surface area contributed by atoms with Crippen molar-refractivity contribution in [1.29, 1.82) is 0 Å². The van der Waals surface area contributed by atoms with E-state index in [1.807, 2.05) is 19.1 Å². The van der Waals surface area contributed by atoms with Gasteiger partial charge in [-0.1, -0.05) is 23.7 Å². The molecule has 1 aromatic heterocycles. The number of urea groups is 1. The van der Waals surface area contributed by atoms with Crippen LogP contribution < -0.4 is 5.32 Å². The van der Waals surface area contributed by atoms with E-state index in [1.54, 1.807) is 24.1 Å². The molecule has 0 atom stereocenters. The number of hydrogen-bond acceptors (Lipinski definition) is 4. The molecule has 0 radical (unpaired) electrons. The Labute approximate surface area is 134 Å². The van der Waals surface area contributed by atoms with Gasteiger partial charge in [-0.25, -0.2) is 4.79 Å².